The Morgan fingerprint density at radius 1 is 1.04 bits per heavy atom. The van der Waals surface area contributed by atoms with E-state index in [0.29, 0.717) is 18.1 Å². The summed E-state index contributed by atoms with van der Waals surface area (Å²) in [6.07, 6.45) is 1.86. The number of carbonyl (C=O) groups excluding carboxylic acids is 1. The van der Waals surface area contributed by atoms with Crippen LogP contribution in [0.25, 0.3) is 11.4 Å². The highest BCUT2D eigenvalue weighted by atomic mass is 16.1. The van der Waals surface area contributed by atoms with Gasteiger partial charge in [0, 0.05) is 31.3 Å². The first kappa shape index (κ1) is 18.2. The van der Waals surface area contributed by atoms with Gasteiger partial charge in [-0.05, 0) is 24.0 Å². The van der Waals surface area contributed by atoms with Crippen molar-refractivity contribution in [3.63, 3.8) is 0 Å². The molecule has 2 aromatic carbocycles. The summed E-state index contributed by atoms with van der Waals surface area (Å²) in [6.45, 7) is 4.33. The van der Waals surface area contributed by atoms with Crippen LogP contribution in [0, 0.1) is 0 Å². The molecule has 28 heavy (non-hydrogen) atoms. The molecule has 142 valence electrons. The van der Waals surface area contributed by atoms with E-state index in [0.717, 1.165) is 37.3 Å². The van der Waals surface area contributed by atoms with E-state index in [-0.39, 0.29) is 5.91 Å². The fourth-order valence-corrected chi connectivity index (χ4v) is 3.45. The number of nitrogens with one attached hydrogen (secondary N) is 1. The molecular formula is C23H24N4O. The van der Waals surface area contributed by atoms with Crippen LogP contribution < -0.4 is 10.2 Å². The van der Waals surface area contributed by atoms with Gasteiger partial charge in [-0.2, -0.15) is 0 Å². The van der Waals surface area contributed by atoms with E-state index in [2.05, 4.69) is 39.5 Å². The molecule has 4 rings (SSSR count). The third-order valence-corrected chi connectivity index (χ3v) is 4.97. The molecule has 2 heterocycles. The summed E-state index contributed by atoms with van der Waals surface area (Å²) in [6, 6.07) is 20.1. The molecule has 0 spiro atoms. The number of hydrogen-bond acceptors (Lipinski definition) is 4. The minimum Gasteiger partial charge on any atom is -0.352 e. The molecule has 1 N–H and O–H groups in total. The van der Waals surface area contributed by atoms with Crippen molar-refractivity contribution in [2.75, 3.05) is 18.0 Å². The van der Waals surface area contributed by atoms with Gasteiger partial charge in [0.05, 0.1) is 0 Å². The molecule has 3 aromatic rings. The van der Waals surface area contributed by atoms with Gasteiger partial charge in [-0.3, -0.25) is 4.79 Å². The van der Waals surface area contributed by atoms with Crippen molar-refractivity contribution < 1.29 is 4.79 Å². The summed E-state index contributed by atoms with van der Waals surface area (Å²) in [5.41, 5.74) is 4.02. The Morgan fingerprint density at radius 2 is 1.79 bits per heavy atom. The summed E-state index contributed by atoms with van der Waals surface area (Å²) in [5.74, 6) is 1.23. The fourth-order valence-electron chi connectivity index (χ4n) is 3.45. The minimum atomic E-state index is -0.153. The largest absolute Gasteiger partial charge is 0.352 e. The van der Waals surface area contributed by atoms with Gasteiger partial charge in [0.25, 0.3) is 5.91 Å². The van der Waals surface area contributed by atoms with E-state index in [1.807, 2.05) is 43.3 Å². The minimum absolute atomic E-state index is 0.153. The molecule has 1 aliphatic heterocycles. The van der Waals surface area contributed by atoms with E-state index in [4.69, 9.17) is 4.98 Å². The van der Waals surface area contributed by atoms with Crippen molar-refractivity contribution in [1.29, 1.82) is 0 Å². The molecule has 1 amide bonds. The second-order valence-electron chi connectivity index (χ2n) is 7.00. The zero-order valence-corrected chi connectivity index (χ0v) is 16.1. The maximum absolute atomic E-state index is 12.6. The van der Waals surface area contributed by atoms with Gasteiger partial charge in [-0.15, -0.1) is 0 Å². The Balaban J connectivity index is 1.71. The normalized spacial score (nSPS) is 13.1. The van der Waals surface area contributed by atoms with Crippen LogP contribution in [0.3, 0.4) is 0 Å². The molecule has 0 aliphatic carbocycles. The van der Waals surface area contributed by atoms with Gasteiger partial charge in [0.1, 0.15) is 11.5 Å². The van der Waals surface area contributed by atoms with E-state index >= 15 is 0 Å². The summed E-state index contributed by atoms with van der Waals surface area (Å²) >= 11 is 0. The Kier molecular flexibility index (Phi) is 5.33. The molecule has 0 bridgehead atoms. The Bertz CT molecular complexity index is 971. The van der Waals surface area contributed by atoms with Crippen molar-refractivity contribution in [3.05, 3.63) is 77.5 Å². The van der Waals surface area contributed by atoms with Gasteiger partial charge in [-0.25, -0.2) is 9.97 Å². The molecule has 0 atom stereocenters. The molecule has 0 radical (unpaired) electrons. The van der Waals surface area contributed by atoms with Gasteiger partial charge < -0.3 is 10.2 Å². The average molecular weight is 372 g/mol. The first-order valence-corrected chi connectivity index (χ1v) is 9.79. The zero-order valence-electron chi connectivity index (χ0n) is 16.1. The van der Waals surface area contributed by atoms with Gasteiger partial charge >= 0.3 is 0 Å². The van der Waals surface area contributed by atoms with E-state index in [1.165, 1.54) is 11.1 Å². The number of amides is 1. The lowest BCUT2D eigenvalue weighted by molar-refractivity contribution is 0.0948. The number of fused-ring (bicyclic) bond motifs is 1. The topological polar surface area (TPSA) is 58.1 Å². The second-order valence-corrected chi connectivity index (χ2v) is 7.00. The SMILES string of the molecule is CCCNC(=O)c1cc(N2CCc3ccccc3C2)nc(-c2ccccc2)n1. The summed E-state index contributed by atoms with van der Waals surface area (Å²) < 4.78 is 0. The van der Waals surface area contributed by atoms with Crippen molar-refractivity contribution in [3.8, 4) is 11.4 Å². The third-order valence-electron chi connectivity index (χ3n) is 4.97. The smallest absolute Gasteiger partial charge is 0.270 e. The van der Waals surface area contributed by atoms with Gasteiger partial charge in [0.2, 0.25) is 0 Å². The number of rotatable bonds is 5. The molecular weight excluding hydrogens is 348 g/mol. The lowest BCUT2D eigenvalue weighted by atomic mass is 10.00. The fraction of sp³-hybridized carbons (Fsp3) is 0.261. The first-order valence-electron chi connectivity index (χ1n) is 9.79. The number of anilines is 1. The van der Waals surface area contributed by atoms with Crippen LogP contribution in [0.1, 0.15) is 35.0 Å². The van der Waals surface area contributed by atoms with Crippen LogP contribution in [0.5, 0.6) is 0 Å². The molecule has 0 fully saturated rings. The van der Waals surface area contributed by atoms with Crippen molar-refractivity contribution in [2.24, 2.45) is 0 Å². The predicted octanol–water partition coefficient (Wildman–Crippen LogP) is 3.85. The standard InChI is InChI=1S/C23H24N4O/c1-2-13-24-23(28)20-15-21(26-22(25-20)18-9-4-3-5-10-18)27-14-12-17-8-6-7-11-19(17)16-27/h3-11,15H,2,12-14,16H2,1H3,(H,24,28). The number of benzene rings is 2. The Hall–Kier alpha value is -3.21. The van der Waals surface area contributed by atoms with Crippen LogP contribution in [-0.2, 0) is 13.0 Å². The first-order chi connectivity index (χ1) is 13.7. The highest BCUT2D eigenvalue weighted by molar-refractivity contribution is 5.93. The maximum Gasteiger partial charge on any atom is 0.270 e. The average Bonchev–Trinajstić information content (AvgIpc) is 2.77. The summed E-state index contributed by atoms with van der Waals surface area (Å²) in [5, 5.41) is 2.93. The van der Waals surface area contributed by atoms with Crippen LogP contribution in [-0.4, -0.2) is 29.0 Å². The van der Waals surface area contributed by atoms with E-state index in [1.54, 1.807) is 0 Å². The van der Waals surface area contributed by atoms with Crippen LogP contribution in [0.2, 0.25) is 0 Å². The van der Waals surface area contributed by atoms with Crippen molar-refractivity contribution in [2.45, 2.75) is 26.3 Å². The molecule has 5 nitrogen and oxygen atoms in total. The third kappa shape index (κ3) is 3.88. The number of aromatic nitrogens is 2. The number of hydrogen-bond donors (Lipinski definition) is 1. The Labute approximate surface area is 165 Å². The van der Waals surface area contributed by atoms with E-state index in [9.17, 15) is 4.79 Å². The second kappa shape index (κ2) is 8.21. The van der Waals surface area contributed by atoms with E-state index < -0.39 is 0 Å². The molecule has 0 saturated heterocycles. The molecule has 1 aliphatic rings. The monoisotopic (exact) mass is 372 g/mol. The molecule has 1 aromatic heterocycles. The van der Waals surface area contributed by atoms with Crippen LogP contribution in [0.4, 0.5) is 5.82 Å². The Morgan fingerprint density at radius 3 is 2.57 bits per heavy atom. The highest BCUT2D eigenvalue weighted by Gasteiger charge is 2.20. The quantitative estimate of drug-likeness (QED) is 0.739. The molecule has 0 saturated carbocycles. The predicted molar refractivity (Wildman–Crippen MR) is 111 cm³/mol. The summed E-state index contributed by atoms with van der Waals surface area (Å²) in [4.78, 5) is 24.2. The lowest BCUT2D eigenvalue weighted by Gasteiger charge is -2.30. The van der Waals surface area contributed by atoms with Crippen LogP contribution in [0.15, 0.2) is 60.7 Å². The summed E-state index contributed by atoms with van der Waals surface area (Å²) in [7, 11) is 0. The number of nitrogens with zero attached hydrogens (tertiary/aromatic N) is 3. The van der Waals surface area contributed by atoms with Crippen LogP contribution >= 0.6 is 0 Å². The molecule has 0 unspecified atom stereocenters. The number of carbonyl (C=O) groups is 1. The lowest BCUT2D eigenvalue weighted by Crippen LogP contribution is -2.32. The zero-order chi connectivity index (χ0) is 19.3. The molecule has 5 heteroatoms. The maximum atomic E-state index is 12.6. The highest BCUT2D eigenvalue weighted by Crippen LogP contribution is 2.26. The van der Waals surface area contributed by atoms with Gasteiger partial charge in [-0.1, -0.05) is 61.5 Å². The van der Waals surface area contributed by atoms with Crippen molar-refractivity contribution in [1.82, 2.24) is 15.3 Å². The van der Waals surface area contributed by atoms with Crippen molar-refractivity contribution >= 4 is 11.7 Å². The van der Waals surface area contributed by atoms with Gasteiger partial charge in [0.15, 0.2) is 5.82 Å².